The lowest BCUT2D eigenvalue weighted by Gasteiger charge is -2.48. The normalized spacial score (nSPS) is 26.1. The summed E-state index contributed by atoms with van der Waals surface area (Å²) in [5.74, 6) is 0. The summed E-state index contributed by atoms with van der Waals surface area (Å²) < 4.78 is 20.3. The molecular weight excluding hydrogens is 407 g/mol. The number of alkyl halides is 1. The van der Waals surface area contributed by atoms with Gasteiger partial charge in [-0.1, -0.05) is 91.0 Å². The van der Waals surface area contributed by atoms with Gasteiger partial charge >= 0.3 is 0 Å². The van der Waals surface area contributed by atoms with Crippen molar-refractivity contribution in [3.05, 3.63) is 108 Å². The van der Waals surface area contributed by atoms with E-state index in [-0.39, 0.29) is 0 Å². The zero-order valence-corrected chi connectivity index (χ0v) is 17.8. The van der Waals surface area contributed by atoms with Crippen LogP contribution < -0.4 is 0 Å². The molecule has 4 nitrogen and oxygen atoms in total. The van der Waals surface area contributed by atoms with Gasteiger partial charge in [0.15, 0.2) is 0 Å². The van der Waals surface area contributed by atoms with E-state index in [1.54, 1.807) is 0 Å². The maximum atomic E-state index is 14.7. The van der Waals surface area contributed by atoms with Crippen LogP contribution in [0.3, 0.4) is 0 Å². The fourth-order valence-corrected chi connectivity index (χ4v) is 4.84. The molecule has 1 aliphatic heterocycles. The second kappa shape index (κ2) is 9.92. The molecule has 0 radical (unpaired) electrons. The first kappa shape index (κ1) is 22.6. The van der Waals surface area contributed by atoms with Crippen molar-refractivity contribution in [1.82, 2.24) is 0 Å². The molecule has 168 valence electrons. The van der Waals surface area contributed by atoms with Crippen LogP contribution in [0, 0.1) is 5.41 Å². The van der Waals surface area contributed by atoms with Gasteiger partial charge in [0.1, 0.15) is 18.3 Å². The van der Waals surface area contributed by atoms with Crippen LogP contribution >= 0.6 is 0 Å². The number of hydrogen-bond donors (Lipinski definition) is 3. The van der Waals surface area contributed by atoms with Gasteiger partial charge in [-0.2, -0.15) is 0 Å². The van der Waals surface area contributed by atoms with E-state index in [9.17, 15) is 19.7 Å². The Morgan fingerprint density at radius 2 is 0.969 bits per heavy atom. The Hall–Kier alpha value is -2.57. The number of ether oxygens (including phenoxy) is 1. The molecule has 0 saturated carbocycles. The summed E-state index contributed by atoms with van der Waals surface area (Å²) >= 11 is 0. The molecule has 0 spiro atoms. The Labute approximate surface area is 187 Å². The molecule has 0 aliphatic carbocycles. The molecule has 1 fully saturated rings. The van der Waals surface area contributed by atoms with Gasteiger partial charge in [-0.05, 0) is 36.0 Å². The first-order valence-electron chi connectivity index (χ1n) is 10.9. The van der Waals surface area contributed by atoms with Gasteiger partial charge in [-0.3, -0.25) is 0 Å². The van der Waals surface area contributed by atoms with Crippen LogP contribution in [0.5, 0.6) is 0 Å². The second-order valence-electron chi connectivity index (χ2n) is 8.73. The molecule has 0 bridgehead atoms. The summed E-state index contributed by atoms with van der Waals surface area (Å²) in [5.41, 5.74) is 2.28. The largest absolute Gasteiger partial charge is 0.388 e. The molecule has 3 N–H and O–H groups in total. The molecular formula is C27H29FO4. The smallest absolute Gasteiger partial charge is 0.228 e. The quantitative estimate of drug-likeness (QED) is 0.531. The molecule has 32 heavy (non-hydrogen) atoms. The fraction of sp³-hybridized carbons (Fsp3) is 0.333. The van der Waals surface area contributed by atoms with E-state index < -0.39 is 36.2 Å². The number of hydrogen-bond acceptors (Lipinski definition) is 4. The molecule has 5 atom stereocenters. The van der Waals surface area contributed by atoms with Crippen LogP contribution in [-0.2, 0) is 24.0 Å². The van der Waals surface area contributed by atoms with Gasteiger partial charge in [-0.15, -0.1) is 0 Å². The number of benzene rings is 3. The van der Waals surface area contributed by atoms with Gasteiger partial charge in [0.2, 0.25) is 6.36 Å². The molecule has 5 heteroatoms. The van der Waals surface area contributed by atoms with Crippen molar-refractivity contribution in [2.24, 2.45) is 5.41 Å². The maximum Gasteiger partial charge on any atom is 0.228 e. The first-order valence-corrected chi connectivity index (χ1v) is 10.9. The van der Waals surface area contributed by atoms with Crippen molar-refractivity contribution >= 4 is 0 Å². The minimum atomic E-state index is -2.08. The highest BCUT2D eigenvalue weighted by molar-refractivity contribution is 5.26. The Morgan fingerprint density at radius 1 is 0.594 bits per heavy atom. The Morgan fingerprint density at radius 3 is 1.34 bits per heavy atom. The summed E-state index contributed by atoms with van der Waals surface area (Å²) in [4.78, 5) is 0. The lowest BCUT2D eigenvalue weighted by molar-refractivity contribution is -0.282. The van der Waals surface area contributed by atoms with E-state index in [1.165, 1.54) is 0 Å². The summed E-state index contributed by atoms with van der Waals surface area (Å²) in [6, 6.07) is 29.5. The van der Waals surface area contributed by atoms with Crippen molar-refractivity contribution < 1.29 is 24.4 Å². The minimum Gasteiger partial charge on any atom is -0.388 e. The molecule has 0 amide bonds. The Kier molecular flexibility index (Phi) is 7.01. The van der Waals surface area contributed by atoms with Crippen LogP contribution in [0.15, 0.2) is 91.0 Å². The molecule has 3 aromatic carbocycles. The fourth-order valence-electron chi connectivity index (χ4n) is 4.84. The zero-order valence-electron chi connectivity index (χ0n) is 17.8. The average Bonchev–Trinajstić information content (AvgIpc) is 2.82. The lowest BCUT2D eigenvalue weighted by atomic mass is 9.65. The highest BCUT2D eigenvalue weighted by Gasteiger charge is 2.53. The number of rotatable bonds is 7. The zero-order chi connectivity index (χ0) is 22.6. The third kappa shape index (κ3) is 4.92. The second-order valence-corrected chi connectivity index (χ2v) is 8.73. The molecule has 1 heterocycles. The van der Waals surface area contributed by atoms with Crippen molar-refractivity contribution in [3.8, 4) is 0 Å². The predicted octanol–water partition coefficient (Wildman–Crippen LogP) is 3.48. The summed E-state index contributed by atoms with van der Waals surface area (Å²) in [6.45, 7) is 0. The molecule has 4 rings (SSSR count). The third-order valence-corrected chi connectivity index (χ3v) is 6.36. The molecule has 1 unspecified atom stereocenters. The van der Waals surface area contributed by atoms with Crippen molar-refractivity contribution in [1.29, 1.82) is 0 Å². The van der Waals surface area contributed by atoms with E-state index in [2.05, 4.69) is 0 Å². The molecule has 1 saturated heterocycles. The SMILES string of the molecule is O[C@@H]1[C@H](O)[C@@H](O)C(F)O[C@@H]1C(Cc1ccccc1)(Cc1ccccc1)Cc1ccccc1. The van der Waals surface area contributed by atoms with Gasteiger partial charge in [0.05, 0.1) is 6.10 Å². The maximum absolute atomic E-state index is 14.7. The van der Waals surface area contributed by atoms with E-state index in [0.717, 1.165) is 16.7 Å². The highest BCUT2D eigenvalue weighted by Crippen LogP contribution is 2.42. The van der Waals surface area contributed by atoms with E-state index >= 15 is 0 Å². The number of halogens is 1. The summed E-state index contributed by atoms with van der Waals surface area (Å²) in [5, 5.41) is 31.4. The van der Waals surface area contributed by atoms with Crippen LogP contribution in [0.2, 0.25) is 0 Å². The van der Waals surface area contributed by atoms with Gasteiger partial charge in [0.25, 0.3) is 0 Å². The Bertz CT molecular complexity index is 865. The summed E-state index contributed by atoms with van der Waals surface area (Å²) in [6.07, 6.45) is -6.49. The predicted molar refractivity (Wildman–Crippen MR) is 121 cm³/mol. The van der Waals surface area contributed by atoms with E-state index in [0.29, 0.717) is 19.3 Å². The highest BCUT2D eigenvalue weighted by atomic mass is 19.1. The van der Waals surface area contributed by atoms with Crippen LogP contribution in [0.25, 0.3) is 0 Å². The third-order valence-electron chi connectivity index (χ3n) is 6.36. The molecule has 3 aromatic rings. The average molecular weight is 437 g/mol. The van der Waals surface area contributed by atoms with Crippen LogP contribution in [-0.4, -0.2) is 46.1 Å². The summed E-state index contributed by atoms with van der Waals surface area (Å²) in [7, 11) is 0. The first-order chi connectivity index (χ1) is 15.5. The van der Waals surface area contributed by atoms with Crippen molar-refractivity contribution in [2.75, 3.05) is 0 Å². The standard InChI is InChI=1S/C27H29FO4/c28-26-24(31)22(29)23(30)25(32-26)27(16-19-10-4-1-5-11-19,17-20-12-6-2-7-13-20)18-21-14-8-3-9-15-21/h1-15,22-26,29-31H,16-18H2/t22-,23+,24+,25-,26?/m0/s1. The van der Waals surface area contributed by atoms with Gasteiger partial charge < -0.3 is 20.1 Å². The number of aliphatic hydroxyl groups is 3. The number of aliphatic hydroxyl groups excluding tert-OH is 3. The van der Waals surface area contributed by atoms with Gasteiger partial charge in [0, 0.05) is 5.41 Å². The van der Waals surface area contributed by atoms with E-state index in [4.69, 9.17) is 4.74 Å². The topological polar surface area (TPSA) is 69.9 Å². The monoisotopic (exact) mass is 436 g/mol. The van der Waals surface area contributed by atoms with Crippen molar-refractivity contribution in [2.45, 2.75) is 50.0 Å². The molecule has 1 aliphatic rings. The van der Waals surface area contributed by atoms with Crippen LogP contribution in [0.1, 0.15) is 16.7 Å². The lowest BCUT2D eigenvalue weighted by Crippen LogP contribution is -2.62. The van der Waals surface area contributed by atoms with E-state index in [1.807, 2.05) is 91.0 Å². The minimum absolute atomic E-state index is 0.495. The van der Waals surface area contributed by atoms with Crippen molar-refractivity contribution in [3.63, 3.8) is 0 Å². The Balaban J connectivity index is 1.82. The van der Waals surface area contributed by atoms with Gasteiger partial charge in [-0.25, -0.2) is 4.39 Å². The molecule has 0 aromatic heterocycles. The van der Waals surface area contributed by atoms with Crippen LogP contribution in [0.4, 0.5) is 4.39 Å².